The Morgan fingerprint density at radius 1 is 1.32 bits per heavy atom. The van der Waals surface area contributed by atoms with E-state index in [9.17, 15) is 13.6 Å². The van der Waals surface area contributed by atoms with Gasteiger partial charge in [-0.1, -0.05) is 11.6 Å². The van der Waals surface area contributed by atoms with E-state index in [1.807, 2.05) is 0 Å². The molecule has 1 fully saturated rings. The van der Waals surface area contributed by atoms with Gasteiger partial charge in [-0.15, -0.1) is 11.6 Å². The average Bonchev–Trinajstić information content (AvgIpc) is 2.42. The van der Waals surface area contributed by atoms with Crippen molar-refractivity contribution in [3.05, 3.63) is 34.4 Å². The minimum absolute atomic E-state index is 0.124. The Hall–Kier alpha value is -0.870. The maximum atomic E-state index is 13.7. The average molecular weight is 308 g/mol. The van der Waals surface area contributed by atoms with Crippen molar-refractivity contribution >= 4 is 29.1 Å². The summed E-state index contributed by atoms with van der Waals surface area (Å²) in [5, 5.41) is -0.332. The molecule has 1 unspecified atom stereocenters. The number of rotatable bonds is 2. The first-order valence-electron chi connectivity index (χ1n) is 6.06. The Morgan fingerprint density at radius 2 is 2.05 bits per heavy atom. The summed E-state index contributed by atoms with van der Waals surface area (Å²) in [6.45, 7) is 0.514. The van der Waals surface area contributed by atoms with Crippen molar-refractivity contribution in [3.63, 3.8) is 0 Å². The van der Waals surface area contributed by atoms with E-state index >= 15 is 0 Å². The maximum Gasteiger partial charge on any atom is 0.257 e. The predicted molar refractivity (Wildman–Crippen MR) is 70.8 cm³/mol. The normalized spacial score (nSPS) is 19.6. The summed E-state index contributed by atoms with van der Waals surface area (Å²) in [6, 6.07) is 1.55. The summed E-state index contributed by atoms with van der Waals surface area (Å²) in [6.07, 6.45) is 2.61. The lowest BCUT2D eigenvalue weighted by Gasteiger charge is -2.34. The third kappa shape index (κ3) is 3.00. The zero-order valence-electron chi connectivity index (χ0n) is 10.1. The standard InChI is InChI=1S/C13H13Cl2F2NO/c14-7-8-3-1-2-4-18(8)13(19)9-5-12(17)10(15)6-11(9)16/h5-6,8H,1-4,7H2. The van der Waals surface area contributed by atoms with E-state index in [4.69, 9.17) is 23.2 Å². The third-order valence-electron chi connectivity index (χ3n) is 3.31. The molecule has 1 aliphatic rings. The summed E-state index contributed by atoms with van der Waals surface area (Å²) in [5.74, 6) is -1.84. The second kappa shape index (κ2) is 6.06. The molecule has 1 aromatic rings. The number of alkyl halides is 1. The molecule has 2 nitrogen and oxygen atoms in total. The molecule has 0 spiro atoms. The molecule has 0 radical (unpaired) electrons. The van der Waals surface area contributed by atoms with Crippen LogP contribution >= 0.6 is 23.2 Å². The van der Waals surface area contributed by atoms with E-state index in [1.165, 1.54) is 4.90 Å². The molecule has 0 bridgehead atoms. The number of benzene rings is 1. The maximum absolute atomic E-state index is 13.7. The molecule has 0 aromatic heterocycles. The SMILES string of the molecule is O=C(c1cc(F)c(Cl)cc1F)N1CCCCC1CCl. The van der Waals surface area contributed by atoms with Crippen LogP contribution in [0.5, 0.6) is 0 Å². The van der Waals surface area contributed by atoms with Gasteiger partial charge in [0.2, 0.25) is 0 Å². The van der Waals surface area contributed by atoms with Gasteiger partial charge >= 0.3 is 0 Å². The van der Waals surface area contributed by atoms with Gasteiger partial charge in [0, 0.05) is 18.5 Å². The zero-order chi connectivity index (χ0) is 14.0. The quantitative estimate of drug-likeness (QED) is 0.600. The first-order valence-corrected chi connectivity index (χ1v) is 6.97. The molecule has 104 valence electrons. The molecular weight excluding hydrogens is 295 g/mol. The lowest BCUT2D eigenvalue weighted by atomic mass is 10.0. The topological polar surface area (TPSA) is 20.3 Å². The van der Waals surface area contributed by atoms with E-state index in [0.717, 1.165) is 31.4 Å². The summed E-state index contributed by atoms with van der Waals surface area (Å²) < 4.78 is 27.1. The smallest absolute Gasteiger partial charge is 0.257 e. The highest BCUT2D eigenvalue weighted by atomic mass is 35.5. The van der Waals surface area contributed by atoms with Crippen LogP contribution in [0.4, 0.5) is 8.78 Å². The minimum Gasteiger partial charge on any atom is -0.334 e. The highest BCUT2D eigenvalue weighted by molar-refractivity contribution is 6.30. The number of halogens is 4. The van der Waals surface area contributed by atoms with E-state index in [1.54, 1.807) is 0 Å². The number of nitrogens with zero attached hydrogens (tertiary/aromatic N) is 1. The summed E-state index contributed by atoms with van der Waals surface area (Å²) in [4.78, 5) is 13.8. The van der Waals surface area contributed by atoms with E-state index < -0.39 is 17.5 Å². The van der Waals surface area contributed by atoms with E-state index in [-0.39, 0.29) is 16.6 Å². The van der Waals surface area contributed by atoms with Gasteiger partial charge in [-0.25, -0.2) is 8.78 Å². The summed E-state index contributed by atoms with van der Waals surface area (Å²) in [5.41, 5.74) is -0.293. The van der Waals surface area contributed by atoms with Crippen LogP contribution in [-0.4, -0.2) is 29.3 Å². The molecule has 1 saturated heterocycles. The van der Waals surface area contributed by atoms with Crippen LogP contribution in [-0.2, 0) is 0 Å². The molecular formula is C13H13Cl2F2NO. The number of amides is 1. The molecule has 1 aliphatic heterocycles. The Balaban J connectivity index is 2.30. The van der Waals surface area contributed by atoms with Crippen molar-refractivity contribution in [3.8, 4) is 0 Å². The van der Waals surface area contributed by atoms with Gasteiger partial charge in [-0.05, 0) is 31.4 Å². The van der Waals surface area contributed by atoms with E-state index in [2.05, 4.69) is 0 Å². The molecule has 0 saturated carbocycles. The number of carbonyl (C=O) groups excluding carboxylic acids is 1. The van der Waals surface area contributed by atoms with Crippen molar-refractivity contribution < 1.29 is 13.6 Å². The number of hydrogen-bond acceptors (Lipinski definition) is 1. The van der Waals surface area contributed by atoms with Crippen LogP contribution in [0.2, 0.25) is 5.02 Å². The molecule has 0 aliphatic carbocycles. The largest absolute Gasteiger partial charge is 0.334 e. The molecule has 1 heterocycles. The number of piperidine rings is 1. The second-order valence-corrected chi connectivity index (χ2v) is 5.26. The molecule has 2 rings (SSSR count). The number of carbonyl (C=O) groups is 1. The molecule has 1 aromatic carbocycles. The zero-order valence-corrected chi connectivity index (χ0v) is 11.6. The predicted octanol–water partition coefficient (Wildman–Crippen LogP) is 3.85. The van der Waals surface area contributed by atoms with Gasteiger partial charge in [-0.2, -0.15) is 0 Å². The van der Waals surface area contributed by atoms with Crippen LogP contribution in [0, 0.1) is 11.6 Å². The monoisotopic (exact) mass is 307 g/mol. The van der Waals surface area contributed by atoms with Crippen molar-refractivity contribution in [2.75, 3.05) is 12.4 Å². The van der Waals surface area contributed by atoms with Gasteiger partial charge in [0.25, 0.3) is 5.91 Å². The Kier molecular flexibility index (Phi) is 4.63. The van der Waals surface area contributed by atoms with Crippen LogP contribution in [0.1, 0.15) is 29.6 Å². The van der Waals surface area contributed by atoms with Gasteiger partial charge in [0.1, 0.15) is 11.6 Å². The molecule has 0 N–H and O–H groups in total. The molecule has 1 amide bonds. The molecule has 1 atom stereocenters. The molecule has 19 heavy (non-hydrogen) atoms. The second-order valence-electron chi connectivity index (χ2n) is 4.55. The van der Waals surface area contributed by atoms with Crippen molar-refractivity contribution in [2.24, 2.45) is 0 Å². The first kappa shape index (κ1) is 14.5. The number of likely N-dealkylation sites (tertiary alicyclic amines) is 1. The van der Waals surface area contributed by atoms with Gasteiger partial charge in [0.05, 0.1) is 10.6 Å². The first-order chi connectivity index (χ1) is 9.04. The van der Waals surface area contributed by atoms with Crippen LogP contribution < -0.4 is 0 Å². The fourth-order valence-electron chi connectivity index (χ4n) is 2.27. The van der Waals surface area contributed by atoms with Crippen LogP contribution in [0.25, 0.3) is 0 Å². The Bertz CT molecular complexity index is 496. The lowest BCUT2D eigenvalue weighted by Crippen LogP contribution is -2.45. The highest BCUT2D eigenvalue weighted by Gasteiger charge is 2.29. The fraction of sp³-hybridized carbons (Fsp3) is 0.462. The van der Waals surface area contributed by atoms with Crippen LogP contribution in [0.3, 0.4) is 0 Å². The van der Waals surface area contributed by atoms with Crippen molar-refractivity contribution in [1.82, 2.24) is 4.90 Å². The van der Waals surface area contributed by atoms with Crippen LogP contribution in [0.15, 0.2) is 12.1 Å². The Labute approximate surface area is 120 Å². The van der Waals surface area contributed by atoms with Crippen molar-refractivity contribution in [1.29, 1.82) is 0 Å². The van der Waals surface area contributed by atoms with Gasteiger partial charge in [-0.3, -0.25) is 4.79 Å². The summed E-state index contributed by atoms with van der Waals surface area (Å²) in [7, 11) is 0. The summed E-state index contributed by atoms with van der Waals surface area (Å²) >= 11 is 11.3. The fourth-order valence-corrected chi connectivity index (χ4v) is 2.74. The number of hydrogen-bond donors (Lipinski definition) is 0. The van der Waals surface area contributed by atoms with E-state index in [0.29, 0.717) is 12.4 Å². The highest BCUT2D eigenvalue weighted by Crippen LogP contribution is 2.24. The van der Waals surface area contributed by atoms with Gasteiger partial charge in [0.15, 0.2) is 0 Å². The van der Waals surface area contributed by atoms with Crippen molar-refractivity contribution in [2.45, 2.75) is 25.3 Å². The molecule has 6 heteroatoms. The lowest BCUT2D eigenvalue weighted by molar-refractivity contribution is 0.0634. The Morgan fingerprint density at radius 3 is 2.74 bits per heavy atom. The van der Waals surface area contributed by atoms with Gasteiger partial charge < -0.3 is 4.90 Å². The third-order valence-corrected chi connectivity index (χ3v) is 3.95. The minimum atomic E-state index is -0.810.